The number of nitrogens with zero attached hydrogens (tertiary/aromatic N) is 3. The second-order valence-corrected chi connectivity index (χ2v) is 5.92. The molecule has 1 aliphatic rings. The topological polar surface area (TPSA) is 93.4 Å². The standard InChI is InChI=1S/C16H28N6O2/c1-4-17-15(23)19-13-10-18-20-14(13)12-8-7-9-22(11-12)16(24)21(5-2)6-3/h10,12H,4-9,11H2,1-3H3,(H,18,20)(H2,17,19,23)/t12-/m1/s1. The number of urea groups is 2. The van der Waals surface area contributed by atoms with Crippen LogP contribution in [0.3, 0.4) is 0 Å². The number of H-pyrrole nitrogens is 1. The number of aromatic nitrogens is 2. The molecule has 1 fully saturated rings. The van der Waals surface area contributed by atoms with E-state index in [0.717, 1.165) is 25.1 Å². The van der Waals surface area contributed by atoms with Crippen LogP contribution >= 0.6 is 0 Å². The number of hydrogen-bond acceptors (Lipinski definition) is 3. The maximum absolute atomic E-state index is 12.6. The van der Waals surface area contributed by atoms with Crippen molar-refractivity contribution in [2.24, 2.45) is 0 Å². The van der Waals surface area contributed by atoms with Crippen molar-refractivity contribution in [1.82, 2.24) is 25.3 Å². The third kappa shape index (κ3) is 4.18. The largest absolute Gasteiger partial charge is 0.338 e. The van der Waals surface area contributed by atoms with Gasteiger partial charge in [-0.2, -0.15) is 5.10 Å². The van der Waals surface area contributed by atoms with E-state index in [1.54, 1.807) is 6.20 Å². The van der Waals surface area contributed by atoms with E-state index in [0.29, 0.717) is 31.9 Å². The van der Waals surface area contributed by atoms with E-state index < -0.39 is 0 Å². The van der Waals surface area contributed by atoms with Gasteiger partial charge >= 0.3 is 12.1 Å². The molecule has 4 amide bonds. The lowest BCUT2D eigenvalue weighted by atomic mass is 9.94. The van der Waals surface area contributed by atoms with Gasteiger partial charge in [-0.05, 0) is 33.6 Å². The van der Waals surface area contributed by atoms with E-state index in [4.69, 9.17) is 0 Å². The molecule has 0 unspecified atom stereocenters. The van der Waals surface area contributed by atoms with Crippen LogP contribution in [-0.2, 0) is 0 Å². The number of piperidine rings is 1. The highest BCUT2D eigenvalue weighted by molar-refractivity contribution is 5.89. The number of carbonyl (C=O) groups is 2. The normalized spacial score (nSPS) is 17.5. The maximum Gasteiger partial charge on any atom is 0.319 e. The molecule has 0 radical (unpaired) electrons. The second kappa shape index (κ2) is 8.56. The fourth-order valence-corrected chi connectivity index (χ4v) is 3.11. The summed E-state index contributed by atoms with van der Waals surface area (Å²) in [7, 11) is 0. The number of aromatic amines is 1. The Morgan fingerprint density at radius 2 is 2.12 bits per heavy atom. The molecule has 2 heterocycles. The highest BCUT2D eigenvalue weighted by Crippen LogP contribution is 2.30. The Hall–Kier alpha value is -2.25. The van der Waals surface area contributed by atoms with Gasteiger partial charge in [-0.3, -0.25) is 5.10 Å². The number of nitrogens with one attached hydrogen (secondary N) is 3. The van der Waals surface area contributed by atoms with E-state index in [1.807, 2.05) is 30.6 Å². The van der Waals surface area contributed by atoms with Gasteiger partial charge in [0, 0.05) is 38.6 Å². The number of hydrogen-bond donors (Lipinski definition) is 3. The molecule has 1 atom stereocenters. The quantitative estimate of drug-likeness (QED) is 0.769. The van der Waals surface area contributed by atoms with E-state index in [1.165, 1.54) is 0 Å². The first-order valence-corrected chi connectivity index (χ1v) is 8.72. The van der Waals surface area contributed by atoms with Crippen LogP contribution in [0.4, 0.5) is 15.3 Å². The molecule has 8 nitrogen and oxygen atoms in total. The summed E-state index contributed by atoms with van der Waals surface area (Å²) < 4.78 is 0. The maximum atomic E-state index is 12.6. The van der Waals surface area contributed by atoms with Crippen LogP contribution in [0.25, 0.3) is 0 Å². The molecular formula is C16H28N6O2. The van der Waals surface area contributed by atoms with Gasteiger partial charge in [0.2, 0.25) is 0 Å². The summed E-state index contributed by atoms with van der Waals surface area (Å²) in [4.78, 5) is 28.1. The zero-order valence-electron chi connectivity index (χ0n) is 14.8. The Morgan fingerprint density at radius 1 is 1.38 bits per heavy atom. The summed E-state index contributed by atoms with van der Waals surface area (Å²) in [5.74, 6) is 0.151. The molecule has 0 spiro atoms. The van der Waals surface area contributed by atoms with Crippen LogP contribution in [0, 0.1) is 0 Å². The minimum atomic E-state index is -0.243. The van der Waals surface area contributed by atoms with Crippen molar-refractivity contribution in [3.8, 4) is 0 Å². The van der Waals surface area contributed by atoms with Gasteiger partial charge in [0.25, 0.3) is 0 Å². The SMILES string of the molecule is CCNC(=O)Nc1cn[nH]c1[C@@H]1CCCN(C(=O)N(CC)CC)C1. The van der Waals surface area contributed by atoms with Crippen LogP contribution in [0.2, 0.25) is 0 Å². The number of likely N-dealkylation sites (tertiary alicyclic amines) is 1. The molecule has 0 aliphatic carbocycles. The number of carbonyl (C=O) groups excluding carboxylic acids is 2. The molecule has 134 valence electrons. The lowest BCUT2D eigenvalue weighted by Crippen LogP contribution is -2.47. The second-order valence-electron chi connectivity index (χ2n) is 5.92. The van der Waals surface area contributed by atoms with Crippen molar-refractivity contribution >= 4 is 17.7 Å². The van der Waals surface area contributed by atoms with Crippen LogP contribution in [0.1, 0.15) is 45.2 Å². The number of anilines is 1. The Balaban J connectivity index is 2.06. The zero-order valence-corrected chi connectivity index (χ0v) is 14.8. The molecule has 8 heteroatoms. The zero-order chi connectivity index (χ0) is 17.5. The summed E-state index contributed by atoms with van der Waals surface area (Å²) in [5.41, 5.74) is 1.57. The third-order valence-corrected chi connectivity index (χ3v) is 4.39. The highest BCUT2D eigenvalue weighted by Gasteiger charge is 2.29. The summed E-state index contributed by atoms with van der Waals surface area (Å²) in [6.07, 6.45) is 3.53. The number of rotatable bonds is 5. The van der Waals surface area contributed by atoms with Gasteiger partial charge in [-0.1, -0.05) is 0 Å². The first-order valence-electron chi connectivity index (χ1n) is 8.72. The highest BCUT2D eigenvalue weighted by atomic mass is 16.2. The van der Waals surface area contributed by atoms with Gasteiger partial charge in [-0.25, -0.2) is 9.59 Å². The van der Waals surface area contributed by atoms with E-state index in [-0.39, 0.29) is 18.0 Å². The van der Waals surface area contributed by atoms with Gasteiger partial charge in [0.05, 0.1) is 17.6 Å². The average molecular weight is 336 g/mol. The van der Waals surface area contributed by atoms with Gasteiger partial charge < -0.3 is 20.4 Å². The van der Waals surface area contributed by atoms with Gasteiger partial charge in [0.1, 0.15) is 0 Å². The molecule has 1 saturated heterocycles. The summed E-state index contributed by atoms with van der Waals surface area (Å²) in [6.45, 7) is 9.26. The van der Waals surface area contributed by atoms with Crippen LogP contribution in [0.15, 0.2) is 6.20 Å². The van der Waals surface area contributed by atoms with Crippen LogP contribution in [-0.4, -0.2) is 64.8 Å². The minimum absolute atomic E-state index is 0.0856. The summed E-state index contributed by atoms with van der Waals surface area (Å²) >= 11 is 0. The molecule has 0 saturated carbocycles. The van der Waals surface area contributed by atoms with Crippen molar-refractivity contribution in [1.29, 1.82) is 0 Å². The molecular weight excluding hydrogens is 308 g/mol. The monoisotopic (exact) mass is 336 g/mol. The fraction of sp³-hybridized carbons (Fsp3) is 0.688. The predicted molar refractivity (Wildman–Crippen MR) is 93.1 cm³/mol. The molecule has 0 aromatic carbocycles. The van der Waals surface area contributed by atoms with E-state index >= 15 is 0 Å². The Labute approximate surface area is 143 Å². The van der Waals surface area contributed by atoms with E-state index in [9.17, 15) is 9.59 Å². The average Bonchev–Trinajstić information content (AvgIpc) is 3.04. The van der Waals surface area contributed by atoms with Gasteiger partial charge in [-0.15, -0.1) is 0 Å². The van der Waals surface area contributed by atoms with Crippen molar-refractivity contribution in [2.75, 3.05) is 38.0 Å². The Bertz CT molecular complexity index is 555. The first kappa shape index (κ1) is 18.1. The van der Waals surface area contributed by atoms with Crippen molar-refractivity contribution < 1.29 is 9.59 Å². The minimum Gasteiger partial charge on any atom is -0.338 e. The van der Waals surface area contributed by atoms with E-state index in [2.05, 4.69) is 20.8 Å². The predicted octanol–water partition coefficient (Wildman–Crippen LogP) is 2.19. The lowest BCUT2D eigenvalue weighted by Gasteiger charge is -2.35. The lowest BCUT2D eigenvalue weighted by molar-refractivity contribution is 0.142. The molecule has 2 rings (SSSR count). The molecule has 0 bridgehead atoms. The third-order valence-electron chi connectivity index (χ3n) is 4.39. The first-order chi connectivity index (χ1) is 11.6. The summed E-state index contributed by atoms with van der Waals surface area (Å²) in [5, 5.41) is 12.6. The summed E-state index contributed by atoms with van der Waals surface area (Å²) in [6, 6.07) is -0.158. The van der Waals surface area contributed by atoms with Crippen molar-refractivity contribution in [3.05, 3.63) is 11.9 Å². The van der Waals surface area contributed by atoms with Crippen molar-refractivity contribution in [3.63, 3.8) is 0 Å². The van der Waals surface area contributed by atoms with Crippen molar-refractivity contribution in [2.45, 2.75) is 39.5 Å². The van der Waals surface area contributed by atoms with Crippen LogP contribution < -0.4 is 10.6 Å². The Morgan fingerprint density at radius 3 is 2.79 bits per heavy atom. The molecule has 1 aromatic heterocycles. The molecule has 1 aliphatic heterocycles. The number of amides is 4. The fourth-order valence-electron chi connectivity index (χ4n) is 3.11. The Kier molecular flexibility index (Phi) is 6.45. The molecule has 1 aromatic rings. The van der Waals surface area contributed by atoms with Crippen LogP contribution in [0.5, 0.6) is 0 Å². The molecule has 3 N–H and O–H groups in total. The molecule has 24 heavy (non-hydrogen) atoms. The smallest absolute Gasteiger partial charge is 0.319 e. The van der Waals surface area contributed by atoms with Gasteiger partial charge in [0.15, 0.2) is 0 Å².